The number of aliphatic carboxylic acids is 1. The summed E-state index contributed by atoms with van der Waals surface area (Å²) in [6.45, 7) is 13.8. The zero-order valence-electron chi connectivity index (χ0n) is 19.8. The Morgan fingerprint density at radius 1 is 1.06 bits per heavy atom. The molecule has 2 aliphatic carbocycles. The molecule has 3 rings (SSSR count). The number of hydrogen-bond donors (Lipinski definition) is 2. The predicted molar refractivity (Wildman–Crippen MR) is 117 cm³/mol. The molecule has 0 aromatic carbocycles. The lowest BCUT2D eigenvalue weighted by Crippen LogP contribution is -2.59. The number of nitrogens with one attached hydrogen (secondary N) is 1. The fourth-order valence-electron chi connectivity index (χ4n) is 5.47. The highest BCUT2D eigenvalue weighted by Crippen LogP contribution is 2.49. The van der Waals surface area contributed by atoms with Crippen LogP contribution in [0.4, 0.5) is 4.79 Å². The molecule has 6 atom stereocenters. The lowest BCUT2D eigenvalue weighted by molar-refractivity contribution is -0.152. The van der Waals surface area contributed by atoms with Gasteiger partial charge < -0.3 is 20.1 Å². The van der Waals surface area contributed by atoms with Crippen molar-refractivity contribution in [2.24, 2.45) is 35.0 Å². The van der Waals surface area contributed by atoms with Crippen LogP contribution in [0, 0.1) is 35.0 Å². The molecule has 174 valence electrons. The summed E-state index contributed by atoms with van der Waals surface area (Å²) in [7, 11) is 0. The van der Waals surface area contributed by atoms with Gasteiger partial charge in [-0.2, -0.15) is 0 Å². The van der Waals surface area contributed by atoms with Crippen molar-refractivity contribution < 1.29 is 24.2 Å². The highest BCUT2D eigenvalue weighted by molar-refractivity contribution is 5.91. The van der Waals surface area contributed by atoms with Gasteiger partial charge in [0, 0.05) is 12.5 Å². The summed E-state index contributed by atoms with van der Waals surface area (Å²) in [4.78, 5) is 40.3. The van der Waals surface area contributed by atoms with E-state index in [1.807, 2.05) is 20.8 Å². The topological polar surface area (TPSA) is 95.9 Å². The van der Waals surface area contributed by atoms with Crippen LogP contribution in [-0.2, 0) is 14.3 Å². The maximum atomic E-state index is 13.9. The molecule has 0 aromatic heterocycles. The number of fused-ring (bicyclic) bond motifs is 1. The van der Waals surface area contributed by atoms with Crippen LogP contribution in [-0.4, -0.2) is 52.2 Å². The predicted octanol–water partition coefficient (Wildman–Crippen LogP) is 3.69. The molecular weight excluding hydrogens is 396 g/mol. The monoisotopic (exact) mass is 434 g/mol. The molecule has 0 aromatic rings. The summed E-state index contributed by atoms with van der Waals surface area (Å²) in [5, 5.41) is 12.9. The second kappa shape index (κ2) is 8.14. The highest BCUT2D eigenvalue weighted by Gasteiger charge is 2.56. The molecule has 1 heterocycles. The minimum Gasteiger partial charge on any atom is -0.480 e. The number of amides is 2. The van der Waals surface area contributed by atoms with Gasteiger partial charge >= 0.3 is 12.1 Å². The number of carbonyl (C=O) groups excluding carboxylic acids is 2. The van der Waals surface area contributed by atoms with E-state index in [0.29, 0.717) is 12.5 Å². The second-order valence-electron chi connectivity index (χ2n) is 11.3. The van der Waals surface area contributed by atoms with Gasteiger partial charge in [0.05, 0.1) is 0 Å². The molecule has 1 saturated heterocycles. The number of allylic oxidation sites excluding steroid dienone is 2. The molecule has 0 bridgehead atoms. The first-order valence-electron chi connectivity index (χ1n) is 11.4. The van der Waals surface area contributed by atoms with Gasteiger partial charge in [-0.3, -0.25) is 4.79 Å². The van der Waals surface area contributed by atoms with E-state index < -0.39 is 35.2 Å². The second-order valence-corrected chi connectivity index (χ2v) is 11.3. The Morgan fingerprint density at radius 3 is 2.16 bits per heavy atom. The summed E-state index contributed by atoms with van der Waals surface area (Å²) < 4.78 is 5.43. The van der Waals surface area contributed by atoms with Gasteiger partial charge in [-0.25, -0.2) is 9.59 Å². The summed E-state index contributed by atoms with van der Waals surface area (Å²) in [5.74, 6) is -0.740. The Balaban J connectivity index is 1.91. The first-order valence-corrected chi connectivity index (χ1v) is 11.4. The zero-order chi connectivity index (χ0) is 23.3. The lowest BCUT2D eigenvalue weighted by atomic mass is 9.71. The molecule has 0 spiro atoms. The van der Waals surface area contributed by atoms with Gasteiger partial charge in [-0.05, 0) is 62.7 Å². The van der Waals surface area contributed by atoms with Crippen molar-refractivity contribution in [1.29, 1.82) is 0 Å². The third-order valence-electron chi connectivity index (χ3n) is 7.42. The van der Waals surface area contributed by atoms with Crippen LogP contribution in [0.3, 0.4) is 0 Å². The van der Waals surface area contributed by atoms with E-state index in [1.54, 1.807) is 20.8 Å². The maximum absolute atomic E-state index is 13.9. The Bertz CT molecular complexity index is 764. The van der Waals surface area contributed by atoms with Gasteiger partial charge in [0.1, 0.15) is 17.7 Å². The molecule has 1 saturated carbocycles. The van der Waals surface area contributed by atoms with Gasteiger partial charge in [0.2, 0.25) is 5.91 Å². The quantitative estimate of drug-likeness (QED) is 0.644. The van der Waals surface area contributed by atoms with E-state index in [0.717, 1.165) is 12.8 Å². The Hall–Kier alpha value is -2.05. The first-order chi connectivity index (χ1) is 14.2. The zero-order valence-corrected chi connectivity index (χ0v) is 19.8. The molecule has 3 aliphatic rings. The molecule has 0 unspecified atom stereocenters. The van der Waals surface area contributed by atoms with Crippen molar-refractivity contribution in [3.8, 4) is 0 Å². The fraction of sp³-hybridized carbons (Fsp3) is 0.792. The molecule has 7 nitrogen and oxygen atoms in total. The largest absolute Gasteiger partial charge is 0.480 e. The van der Waals surface area contributed by atoms with Gasteiger partial charge in [-0.15, -0.1) is 0 Å². The first kappa shape index (κ1) is 23.6. The minimum absolute atomic E-state index is 0.0776. The number of likely N-dealkylation sites (tertiary alicyclic amines) is 1. The fourth-order valence-corrected chi connectivity index (χ4v) is 5.47. The minimum atomic E-state index is -0.976. The number of alkyl carbamates (subject to hydrolysis) is 1. The highest BCUT2D eigenvalue weighted by atomic mass is 16.6. The number of hydrogen-bond acceptors (Lipinski definition) is 4. The van der Waals surface area contributed by atoms with Crippen molar-refractivity contribution >= 4 is 18.0 Å². The third kappa shape index (κ3) is 4.75. The maximum Gasteiger partial charge on any atom is 0.408 e. The standard InChI is InChI=1S/C24H38N2O5/c1-13-8-9-14(2)17-16(13)12-26(18(17)21(28)29)20(27)19(24(6,7)15-10-11-15)25-22(30)31-23(3,4)5/h8-9,13-19H,10-12H2,1-7H3,(H,25,30)(H,28,29)/t13-,14+,16+,17-,18-,19+/m0/s1. The molecule has 7 heteroatoms. The molecule has 2 N–H and O–H groups in total. The van der Waals surface area contributed by atoms with Crippen molar-refractivity contribution in [2.75, 3.05) is 6.54 Å². The number of nitrogens with zero attached hydrogens (tertiary/aromatic N) is 1. The summed E-state index contributed by atoms with van der Waals surface area (Å²) in [6, 6.07) is -1.73. The van der Waals surface area contributed by atoms with Crippen LogP contribution in [0.15, 0.2) is 12.2 Å². The normalized spacial score (nSPS) is 31.7. The van der Waals surface area contributed by atoms with E-state index in [9.17, 15) is 19.5 Å². The lowest BCUT2D eigenvalue weighted by Gasteiger charge is -2.38. The Morgan fingerprint density at radius 2 is 1.65 bits per heavy atom. The smallest absolute Gasteiger partial charge is 0.408 e. The van der Waals surface area contributed by atoms with Crippen LogP contribution < -0.4 is 5.32 Å². The number of rotatable bonds is 5. The van der Waals surface area contributed by atoms with E-state index >= 15 is 0 Å². The molecular formula is C24H38N2O5. The van der Waals surface area contributed by atoms with Gasteiger partial charge in [0.25, 0.3) is 0 Å². The van der Waals surface area contributed by atoms with Crippen LogP contribution in [0.5, 0.6) is 0 Å². The molecule has 1 aliphatic heterocycles. The molecule has 31 heavy (non-hydrogen) atoms. The summed E-state index contributed by atoms with van der Waals surface area (Å²) >= 11 is 0. The van der Waals surface area contributed by atoms with Crippen molar-refractivity contribution in [3.05, 3.63) is 12.2 Å². The van der Waals surface area contributed by atoms with Crippen LogP contribution in [0.25, 0.3) is 0 Å². The van der Waals surface area contributed by atoms with Gasteiger partial charge in [0.15, 0.2) is 0 Å². The van der Waals surface area contributed by atoms with Crippen LogP contribution >= 0.6 is 0 Å². The molecule has 2 fully saturated rings. The SMILES string of the molecule is C[C@@H]1C=C[C@H](C)[C@H]2CN(C(=O)[C@@H](NC(=O)OC(C)(C)C)C(C)(C)C3CC3)[C@H](C(=O)O)[C@H]21. The van der Waals surface area contributed by atoms with Crippen molar-refractivity contribution in [2.45, 2.75) is 79.0 Å². The van der Waals surface area contributed by atoms with E-state index in [-0.39, 0.29) is 29.6 Å². The van der Waals surface area contributed by atoms with Crippen molar-refractivity contribution in [1.82, 2.24) is 10.2 Å². The van der Waals surface area contributed by atoms with E-state index in [2.05, 4.69) is 24.4 Å². The number of carbonyl (C=O) groups is 3. The average Bonchev–Trinajstić information content (AvgIpc) is 3.40. The van der Waals surface area contributed by atoms with E-state index in [4.69, 9.17) is 4.74 Å². The molecule has 0 radical (unpaired) electrons. The third-order valence-corrected chi connectivity index (χ3v) is 7.42. The number of carboxylic acid groups (broad SMARTS) is 1. The van der Waals surface area contributed by atoms with Crippen LogP contribution in [0.1, 0.15) is 61.3 Å². The summed E-state index contributed by atoms with van der Waals surface area (Å²) in [5.41, 5.74) is -1.19. The average molecular weight is 435 g/mol. The van der Waals surface area contributed by atoms with Gasteiger partial charge in [-0.1, -0.05) is 39.8 Å². The van der Waals surface area contributed by atoms with Crippen molar-refractivity contribution in [3.63, 3.8) is 0 Å². The van der Waals surface area contributed by atoms with E-state index in [1.165, 1.54) is 4.90 Å². The number of carboxylic acids is 1. The summed E-state index contributed by atoms with van der Waals surface area (Å²) in [6.07, 6.45) is 5.55. The van der Waals surface area contributed by atoms with Crippen LogP contribution in [0.2, 0.25) is 0 Å². The Labute approximate surface area is 185 Å². The Kier molecular flexibility index (Phi) is 6.20. The molecule has 2 amide bonds. The number of ether oxygens (including phenoxy) is 1.